The maximum Gasteiger partial charge on any atom is 0.264 e. The average Bonchev–Trinajstić information content (AvgIpc) is 3.07. The molecule has 252 valence electrons. The molecule has 1 fully saturated rings. The van der Waals surface area contributed by atoms with Crippen molar-refractivity contribution >= 4 is 39.1 Å². The van der Waals surface area contributed by atoms with Gasteiger partial charge in [-0.15, -0.1) is 0 Å². The topological polar surface area (TPSA) is 86.8 Å². The second-order valence-electron chi connectivity index (χ2n) is 12.8. The molecule has 4 aromatic rings. The molecule has 0 aliphatic heterocycles. The van der Waals surface area contributed by atoms with Crippen molar-refractivity contribution in [1.29, 1.82) is 0 Å². The number of nitrogens with one attached hydrogen (secondary N) is 1. The number of rotatable bonds is 12. The molecule has 48 heavy (non-hydrogen) atoms. The summed E-state index contributed by atoms with van der Waals surface area (Å²) in [5, 5.41) is 3.75. The van der Waals surface area contributed by atoms with Crippen LogP contribution in [0.15, 0.2) is 102 Å². The molecule has 4 aromatic carbocycles. The highest BCUT2D eigenvalue weighted by Gasteiger charge is 2.35. The van der Waals surface area contributed by atoms with E-state index in [-0.39, 0.29) is 29.8 Å². The summed E-state index contributed by atoms with van der Waals surface area (Å²) in [6.45, 7) is 5.32. The van der Waals surface area contributed by atoms with Gasteiger partial charge in [0, 0.05) is 24.0 Å². The Morgan fingerprint density at radius 2 is 1.50 bits per heavy atom. The molecular formula is C39H44ClN3O4S. The van der Waals surface area contributed by atoms with Crippen molar-refractivity contribution in [2.24, 2.45) is 0 Å². The van der Waals surface area contributed by atoms with E-state index >= 15 is 0 Å². The fourth-order valence-corrected chi connectivity index (χ4v) is 7.80. The number of halogens is 1. The van der Waals surface area contributed by atoms with Crippen LogP contribution in [0.4, 0.5) is 5.69 Å². The summed E-state index contributed by atoms with van der Waals surface area (Å²) in [4.78, 5) is 30.6. The van der Waals surface area contributed by atoms with Gasteiger partial charge in [0.15, 0.2) is 0 Å². The lowest BCUT2D eigenvalue weighted by molar-refractivity contribution is -0.140. The van der Waals surface area contributed by atoms with Gasteiger partial charge in [-0.25, -0.2) is 8.42 Å². The number of amides is 2. The molecule has 0 radical (unpaired) electrons. The van der Waals surface area contributed by atoms with Gasteiger partial charge in [-0.3, -0.25) is 13.9 Å². The molecular weight excluding hydrogens is 642 g/mol. The maximum absolute atomic E-state index is 14.7. The number of hydrogen-bond acceptors (Lipinski definition) is 4. The average molecular weight is 686 g/mol. The lowest BCUT2D eigenvalue weighted by Gasteiger charge is -2.35. The summed E-state index contributed by atoms with van der Waals surface area (Å²) in [7, 11) is -4.17. The molecule has 0 heterocycles. The van der Waals surface area contributed by atoms with Crippen molar-refractivity contribution in [1.82, 2.24) is 10.2 Å². The second kappa shape index (κ2) is 15.8. The third-order valence-electron chi connectivity index (χ3n) is 9.13. The summed E-state index contributed by atoms with van der Waals surface area (Å²) in [6.07, 6.45) is 5.27. The first kappa shape index (κ1) is 35.2. The van der Waals surface area contributed by atoms with Crippen molar-refractivity contribution in [3.05, 3.63) is 130 Å². The molecule has 2 amide bonds. The van der Waals surface area contributed by atoms with Crippen LogP contribution in [0.25, 0.3) is 0 Å². The van der Waals surface area contributed by atoms with Gasteiger partial charge in [0.05, 0.1) is 10.6 Å². The fraction of sp³-hybridized carbons (Fsp3) is 0.333. The Kier molecular flexibility index (Phi) is 11.6. The summed E-state index contributed by atoms with van der Waals surface area (Å²) < 4.78 is 29.8. The third kappa shape index (κ3) is 8.85. The van der Waals surface area contributed by atoms with Gasteiger partial charge in [0.1, 0.15) is 12.6 Å². The Balaban J connectivity index is 1.58. The van der Waals surface area contributed by atoms with Crippen molar-refractivity contribution in [2.75, 3.05) is 10.8 Å². The Bertz CT molecular complexity index is 1820. The second-order valence-corrected chi connectivity index (χ2v) is 15.1. The molecule has 0 saturated heterocycles. The molecule has 1 atom stereocenters. The highest BCUT2D eigenvalue weighted by molar-refractivity contribution is 7.92. The van der Waals surface area contributed by atoms with Gasteiger partial charge in [0.2, 0.25) is 11.8 Å². The summed E-state index contributed by atoms with van der Waals surface area (Å²) in [5.74, 6) is -0.746. The monoisotopic (exact) mass is 685 g/mol. The summed E-state index contributed by atoms with van der Waals surface area (Å²) in [5.41, 5.74) is 4.82. The molecule has 0 bridgehead atoms. The molecule has 1 aliphatic rings. The number of hydrogen-bond donors (Lipinski definition) is 1. The largest absolute Gasteiger partial charge is 0.352 e. The highest BCUT2D eigenvalue weighted by atomic mass is 35.5. The standard InChI is InChI=1S/C39H44ClN3O4S/c1-28-17-21-36(22-18-28)48(46,47)43(35-20-19-29(2)30(3)23-35)27-38(44)42(26-32-13-10-14-33(40)24-32)37(25-31-11-6-4-7-12-31)39(45)41-34-15-8-5-9-16-34/h4,6-7,10-14,17-24,34,37H,5,8-9,15-16,25-27H2,1-3H3,(H,41,45)/t37-/m0/s1. The van der Waals surface area contributed by atoms with E-state index in [4.69, 9.17) is 11.6 Å². The SMILES string of the molecule is Cc1ccc(S(=O)(=O)N(CC(=O)N(Cc2cccc(Cl)c2)[C@@H](Cc2ccccc2)C(=O)NC2CCCCC2)c2ccc(C)c(C)c2)cc1. The number of aryl methyl sites for hydroxylation is 3. The highest BCUT2D eigenvalue weighted by Crippen LogP contribution is 2.28. The van der Waals surface area contributed by atoms with E-state index in [0.717, 1.165) is 64.2 Å². The first-order chi connectivity index (χ1) is 23.0. The lowest BCUT2D eigenvalue weighted by atomic mass is 9.94. The van der Waals surface area contributed by atoms with E-state index < -0.39 is 28.5 Å². The Morgan fingerprint density at radius 3 is 2.17 bits per heavy atom. The lowest BCUT2D eigenvalue weighted by Crippen LogP contribution is -2.55. The zero-order valence-corrected chi connectivity index (χ0v) is 29.4. The fourth-order valence-electron chi connectivity index (χ4n) is 6.18. The first-order valence-corrected chi connectivity index (χ1v) is 18.4. The molecule has 0 spiro atoms. The van der Waals surface area contributed by atoms with Crippen molar-refractivity contribution in [3.63, 3.8) is 0 Å². The smallest absolute Gasteiger partial charge is 0.264 e. The Hall–Kier alpha value is -4.14. The van der Waals surface area contributed by atoms with E-state index in [1.807, 2.05) is 63.2 Å². The van der Waals surface area contributed by atoms with Crippen LogP contribution in [0.1, 0.15) is 59.9 Å². The van der Waals surface area contributed by atoms with Gasteiger partial charge in [-0.1, -0.05) is 97.1 Å². The third-order valence-corrected chi connectivity index (χ3v) is 11.2. The predicted octanol–water partition coefficient (Wildman–Crippen LogP) is 7.55. The van der Waals surface area contributed by atoms with Gasteiger partial charge < -0.3 is 10.2 Å². The van der Waals surface area contributed by atoms with E-state index in [2.05, 4.69) is 5.32 Å². The summed E-state index contributed by atoms with van der Waals surface area (Å²) >= 11 is 6.37. The van der Waals surface area contributed by atoms with E-state index in [9.17, 15) is 18.0 Å². The summed E-state index contributed by atoms with van der Waals surface area (Å²) in [6, 6.07) is 27.9. The minimum atomic E-state index is -4.17. The normalized spacial score (nSPS) is 14.2. The van der Waals surface area contributed by atoms with Crippen LogP contribution < -0.4 is 9.62 Å². The van der Waals surface area contributed by atoms with Gasteiger partial charge in [0.25, 0.3) is 10.0 Å². The number of benzene rings is 4. The quantitative estimate of drug-likeness (QED) is 0.167. The van der Waals surface area contributed by atoms with Gasteiger partial charge >= 0.3 is 0 Å². The van der Waals surface area contributed by atoms with Crippen LogP contribution in [0, 0.1) is 20.8 Å². The van der Waals surface area contributed by atoms with Crippen LogP contribution in [-0.2, 0) is 32.6 Å². The van der Waals surface area contributed by atoms with E-state index in [1.165, 1.54) is 4.90 Å². The van der Waals surface area contributed by atoms with Crippen molar-refractivity contribution in [3.8, 4) is 0 Å². The van der Waals surface area contributed by atoms with E-state index in [0.29, 0.717) is 10.7 Å². The van der Waals surface area contributed by atoms with Gasteiger partial charge in [-0.2, -0.15) is 0 Å². The van der Waals surface area contributed by atoms with Crippen molar-refractivity contribution < 1.29 is 18.0 Å². The first-order valence-electron chi connectivity index (χ1n) is 16.6. The van der Waals surface area contributed by atoms with E-state index in [1.54, 1.807) is 54.6 Å². The molecule has 1 aliphatic carbocycles. The number of carbonyl (C=O) groups excluding carboxylic acids is 2. The Labute approximate surface area is 290 Å². The molecule has 9 heteroatoms. The number of nitrogens with zero attached hydrogens (tertiary/aromatic N) is 2. The van der Waals surface area contributed by atoms with Crippen LogP contribution in [-0.4, -0.2) is 43.8 Å². The van der Waals surface area contributed by atoms with Gasteiger partial charge in [-0.05, 0) is 92.3 Å². The molecule has 5 rings (SSSR count). The minimum Gasteiger partial charge on any atom is -0.352 e. The number of sulfonamides is 1. The van der Waals surface area contributed by atoms with Crippen LogP contribution in [0.5, 0.6) is 0 Å². The molecule has 0 unspecified atom stereocenters. The predicted molar refractivity (Wildman–Crippen MR) is 193 cm³/mol. The van der Waals surface area contributed by atoms with Crippen LogP contribution >= 0.6 is 11.6 Å². The zero-order chi connectivity index (χ0) is 34.3. The Morgan fingerprint density at radius 1 is 0.812 bits per heavy atom. The molecule has 1 saturated carbocycles. The van der Waals surface area contributed by atoms with Crippen LogP contribution in [0.3, 0.4) is 0 Å². The molecule has 7 nitrogen and oxygen atoms in total. The molecule has 0 aromatic heterocycles. The van der Waals surface area contributed by atoms with Crippen molar-refractivity contribution in [2.45, 2.75) is 82.8 Å². The minimum absolute atomic E-state index is 0.0293. The van der Waals surface area contributed by atoms with Crippen LogP contribution in [0.2, 0.25) is 5.02 Å². The number of carbonyl (C=O) groups is 2. The maximum atomic E-state index is 14.7. The zero-order valence-electron chi connectivity index (χ0n) is 27.9. The number of anilines is 1. The molecule has 1 N–H and O–H groups in total.